The monoisotopic (exact) mass is 140 g/mol. The third kappa shape index (κ3) is 4.36. The van der Waals surface area contributed by atoms with Crippen LogP contribution in [-0.4, -0.2) is 48.4 Å². The van der Waals surface area contributed by atoms with E-state index in [-0.39, 0.29) is 0 Å². The van der Waals surface area contributed by atoms with Gasteiger partial charge in [-0.1, -0.05) is 0 Å². The van der Waals surface area contributed by atoms with Gasteiger partial charge in [-0.3, -0.25) is 0 Å². The standard InChI is InChI=1S/C5H13Si.K/c1-5(2)6(3)4;/h5H,1-4H3;. The van der Waals surface area contributed by atoms with Crippen molar-refractivity contribution in [3.63, 3.8) is 0 Å². The zero-order valence-electron chi connectivity index (χ0n) is 6.08. The first-order valence-electron chi connectivity index (χ1n) is 2.94. The molecule has 0 aromatic rings. The molecule has 0 aliphatic rings. The molecule has 0 spiro atoms. The summed E-state index contributed by atoms with van der Waals surface area (Å²) >= 11 is 1.12. The Morgan fingerprint density at radius 1 is 1.29 bits per heavy atom. The van der Waals surface area contributed by atoms with Crippen LogP contribution >= 0.6 is 0 Å². The van der Waals surface area contributed by atoms with Crippen molar-refractivity contribution in [3.05, 3.63) is 0 Å². The average Bonchev–Trinajstić information content (AvgIpc) is 1.31. The van der Waals surface area contributed by atoms with Crippen molar-refractivity contribution in [3.8, 4) is 0 Å². The van der Waals surface area contributed by atoms with Crippen molar-refractivity contribution in [2.45, 2.75) is 32.5 Å². The van der Waals surface area contributed by atoms with Gasteiger partial charge in [-0.05, 0) is 0 Å². The summed E-state index contributed by atoms with van der Waals surface area (Å²) in [5.41, 5.74) is 1.02. The van der Waals surface area contributed by atoms with Crippen molar-refractivity contribution in [1.29, 1.82) is 0 Å². The van der Waals surface area contributed by atoms with Gasteiger partial charge in [0.15, 0.2) is 0 Å². The van der Waals surface area contributed by atoms with Crippen LogP contribution in [0.15, 0.2) is 0 Å². The molecule has 0 heterocycles. The first-order chi connectivity index (χ1) is 2.94. The Kier molecular flexibility index (Phi) is 3.96. The summed E-state index contributed by atoms with van der Waals surface area (Å²) in [6.45, 7) is 9.68. The first-order valence-corrected chi connectivity index (χ1v) is 11.2. The second-order valence-corrected chi connectivity index (χ2v) is 21.5. The van der Waals surface area contributed by atoms with Crippen LogP contribution in [0.2, 0.25) is 18.6 Å². The molecule has 0 N–H and O–H groups in total. The summed E-state index contributed by atoms with van der Waals surface area (Å²) in [5.74, 6) is 0. The summed E-state index contributed by atoms with van der Waals surface area (Å²) < 4.78 is -0.547. The predicted octanol–water partition coefficient (Wildman–Crippen LogP) is 1.77. The van der Waals surface area contributed by atoms with Gasteiger partial charge in [0.05, 0.1) is 0 Å². The van der Waals surface area contributed by atoms with Crippen molar-refractivity contribution in [2.75, 3.05) is 0 Å². The van der Waals surface area contributed by atoms with Crippen LogP contribution in [0.1, 0.15) is 13.8 Å². The van der Waals surface area contributed by atoms with E-state index in [4.69, 9.17) is 0 Å². The zero-order chi connectivity index (χ0) is 6.08. The van der Waals surface area contributed by atoms with E-state index in [0.29, 0.717) is 0 Å². The van der Waals surface area contributed by atoms with E-state index in [1.54, 1.807) is 0 Å². The summed E-state index contributed by atoms with van der Waals surface area (Å²) in [4.78, 5) is 0. The Morgan fingerprint density at radius 3 is 1.43 bits per heavy atom. The van der Waals surface area contributed by atoms with E-state index in [2.05, 4.69) is 26.9 Å². The molecule has 2 heteroatoms. The molecule has 0 amide bonds. The fraction of sp³-hybridized carbons (Fsp3) is 1.00. The quantitative estimate of drug-likeness (QED) is 0.487. The molecule has 0 radical (unpaired) electrons. The van der Waals surface area contributed by atoms with Crippen LogP contribution < -0.4 is 0 Å². The molecule has 0 rings (SSSR count). The molecule has 7 heavy (non-hydrogen) atoms. The Hall–Kier alpha value is 1.85. The van der Waals surface area contributed by atoms with Gasteiger partial charge in [-0.2, -0.15) is 0 Å². The van der Waals surface area contributed by atoms with Gasteiger partial charge >= 0.3 is 80.9 Å². The van der Waals surface area contributed by atoms with E-state index in [1.165, 1.54) is 0 Å². The third-order valence-corrected chi connectivity index (χ3v) is 10.6. The van der Waals surface area contributed by atoms with Crippen LogP contribution in [0, 0.1) is 0 Å². The molecular weight excluding hydrogens is 127 g/mol. The maximum absolute atomic E-state index is 2.48. The topological polar surface area (TPSA) is 0 Å². The van der Waals surface area contributed by atoms with Gasteiger partial charge in [-0.15, -0.1) is 0 Å². The van der Waals surface area contributed by atoms with Gasteiger partial charge in [0, 0.05) is 0 Å². The SMILES string of the molecule is CC(C)[Si](C)(C)[K]. The number of rotatable bonds is 1. The van der Waals surface area contributed by atoms with Crippen LogP contribution in [0.3, 0.4) is 0 Å². The van der Waals surface area contributed by atoms with Gasteiger partial charge in [0.1, 0.15) is 0 Å². The van der Waals surface area contributed by atoms with E-state index < -0.39 is 0.755 Å². The van der Waals surface area contributed by atoms with Crippen molar-refractivity contribution < 1.29 is 0 Å². The minimum atomic E-state index is -0.547. The Morgan fingerprint density at radius 2 is 1.43 bits per heavy atom. The fourth-order valence-corrected chi connectivity index (χ4v) is 0. The van der Waals surface area contributed by atoms with E-state index in [1.807, 2.05) is 0 Å². The molecule has 0 aromatic carbocycles. The molecule has 0 aliphatic carbocycles. The van der Waals surface area contributed by atoms with Gasteiger partial charge < -0.3 is 0 Å². The van der Waals surface area contributed by atoms with Gasteiger partial charge in [0.2, 0.25) is 0 Å². The second kappa shape index (κ2) is 3.13. The van der Waals surface area contributed by atoms with E-state index >= 15 is 0 Å². The van der Waals surface area contributed by atoms with Crippen molar-refractivity contribution in [1.82, 2.24) is 0 Å². The van der Waals surface area contributed by atoms with E-state index in [0.717, 1.165) is 53.2 Å². The maximum atomic E-state index is 2.48. The van der Waals surface area contributed by atoms with Crippen LogP contribution in [0.5, 0.6) is 0 Å². The third-order valence-electron chi connectivity index (χ3n) is 1.73. The zero-order valence-corrected chi connectivity index (χ0v) is 10.2. The molecule has 38 valence electrons. The van der Waals surface area contributed by atoms with Crippen LogP contribution in [0.4, 0.5) is 0 Å². The predicted molar refractivity (Wildman–Crippen MR) is 38.3 cm³/mol. The molecule has 0 bridgehead atoms. The summed E-state index contributed by atoms with van der Waals surface area (Å²) in [6.07, 6.45) is 0. The molecule has 0 fully saturated rings. The fourth-order valence-electron chi connectivity index (χ4n) is 0. The molecule has 0 nitrogen and oxygen atoms in total. The Balaban J connectivity index is 3.54. The molecule has 0 saturated heterocycles. The Bertz CT molecular complexity index is 53.6. The number of hydrogen-bond acceptors (Lipinski definition) is 0. The van der Waals surface area contributed by atoms with Gasteiger partial charge in [-0.25, -0.2) is 0 Å². The van der Waals surface area contributed by atoms with E-state index in [9.17, 15) is 0 Å². The van der Waals surface area contributed by atoms with Crippen molar-refractivity contribution in [2.24, 2.45) is 0 Å². The van der Waals surface area contributed by atoms with Crippen LogP contribution in [-0.2, 0) is 0 Å². The van der Waals surface area contributed by atoms with Gasteiger partial charge in [0.25, 0.3) is 0 Å². The molecule has 0 atom stereocenters. The summed E-state index contributed by atoms with van der Waals surface area (Å²) in [7, 11) is 0. The van der Waals surface area contributed by atoms with Crippen LogP contribution in [0.25, 0.3) is 0 Å². The normalized spacial score (nSPS) is 13.0. The molecular formula is C5H13KSi. The molecule has 0 unspecified atom stereocenters. The average molecular weight is 140 g/mol. The summed E-state index contributed by atoms with van der Waals surface area (Å²) in [6, 6.07) is 0. The molecule has 0 aromatic heterocycles. The van der Waals surface area contributed by atoms with Crippen molar-refractivity contribution >= 4 is 48.4 Å². The minimum absolute atomic E-state index is 0.547. The number of hydrogen-bond donors (Lipinski definition) is 0. The molecule has 0 aliphatic heterocycles. The second-order valence-electron chi connectivity index (χ2n) is 3.52. The Labute approximate surface area is 79.3 Å². The molecule has 0 saturated carbocycles. The summed E-state index contributed by atoms with van der Waals surface area (Å²) in [5, 5.41) is 0. The first kappa shape index (κ1) is 8.85.